The lowest BCUT2D eigenvalue weighted by Crippen LogP contribution is -2.09. The van der Waals surface area contributed by atoms with Gasteiger partial charge < -0.3 is 0 Å². The average molecular weight is 248 g/mol. The molecule has 0 aliphatic carbocycles. The molecule has 0 saturated carbocycles. The van der Waals surface area contributed by atoms with E-state index in [1.54, 1.807) is 13.0 Å². The smallest absolute Gasteiger partial charge is 0.177 e. The maximum absolute atomic E-state index is 11.5. The molecule has 0 aliphatic heterocycles. The second-order valence-electron chi connectivity index (χ2n) is 3.45. The average Bonchev–Trinajstić information content (AvgIpc) is 1.99. The molecular formula is C9H12O4S2. The van der Waals surface area contributed by atoms with Crippen molar-refractivity contribution in [3.63, 3.8) is 0 Å². The Morgan fingerprint density at radius 3 is 1.80 bits per heavy atom. The fourth-order valence-corrected chi connectivity index (χ4v) is 4.21. The highest BCUT2D eigenvalue weighted by Gasteiger charge is 2.21. The molecule has 0 spiro atoms. The van der Waals surface area contributed by atoms with Gasteiger partial charge in [0, 0.05) is 12.5 Å². The Bertz CT molecular complexity index is 583. The molecule has 4 nitrogen and oxygen atoms in total. The van der Waals surface area contributed by atoms with Crippen LogP contribution in [0.3, 0.4) is 0 Å². The van der Waals surface area contributed by atoms with Gasteiger partial charge in [-0.2, -0.15) is 0 Å². The molecule has 0 radical (unpaired) electrons. The van der Waals surface area contributed by atoms with Crippen molar-refractivity contribution in [1.29, 1.82) is 0 Å². The van der Waals surface area contributed by atoms with E-state index < -0.39 is 19.7 Å². The van der Waals surface area contributed by atoms with Gasteiger partial charge in [-0.1, -0.05) is 12.1 Å². The van der Waals surface area contributed by atoms with E-state index in [4.69, 9.17) is 0 Å². The lowest BCUT2D eigenvalue weighted by atomic mass is 10.2. The fraction of sp³-hybridized carbons (Fsp3) is 0.333. The summed E-state index contributed by atoms with van der Waals surface area (Å²) < 4.78 is 45.7. The van der Waals surface area contributed by atoms with E-state index in [-0.39, 0.29) is 9.79 Å². The Labute approximate surface area is 89.8 Å². The van der Waals surface area contributed by atoms with Crippen LogP contribution in [0.5, 0.6) is 0 Å². The van der Waals surface area contributed by atoms with Crippen molar-refractivity contribution < 1.29 is 16.8 Å². The first kappa shape index (κ1) is 12.2. The van der Waals surface area contributed by atoms with Gasteiger partial charge in [0.25, 0.3) is 0 Å². The van der Waals surface area contributed by atoms with Crippen molar-refractivity contribution in [2.45, 2.75) is 16.7 Å². The molecule has 0 amide bonds. The molecule has 6 heteroatoms. The number of aryl methyl sites for hydroxylation is 1. The van der Waals surface area contributed by atoms with Crippen molar-refractivity contribution in [3.8, 4) is 0 Å². The summed E-state index contributed by atoms with van der Waals surface area (Å²) in [5.41, 5.74) is 0.445. The van der Waals surface area contributed by atoms with E-state index in [9.17, 15) is 16.8 Å². The second kappa shape index (κ2) is 3.61. The van der Waals surface area contributed by atoms with Gasteiger partial charge >= 0.3 is 0 Å². The highest BCUT2D eigenvalue weighted by atomic mass is 32.2. The Kier molecular flexibility index (Phi) is 2.93. The molecule has 0 unspecified atom stereocenters. The predicted octanol–water partition coefficient (Wildman–Crippen LogP) is 0.802. The monoisotopic (exact) mass is 248 g/mol. The molecule has 0 aliphatic rings. The molecule has 0 saturated heterocycles. The van der Waals surface area contributed by atoms with Crippen LogP contribution >= 0.6 is 0 Å². The minimum absolute atomic E-state index is 0.104. The van der Waals surface area contributed by atoms with Gasteiger partial charge in [-0.3, -0.25) is 0 Å². The van der Waals surface area contributed by atoms with Crippen molar-refractivity contribution in [1.82, 2.24) is 0 Å². The van der Waals surface area contributed by atoms with Crippen molar-refractivity contribution in [2.75, 3.05) is 12.5 Å². The van der Waals surface area contributed by atoms with Crippen LogP contribution in [0, 0.1) is 6.92 Å². The van der Waals surface area contributed by atoms with E-state index in [2.05, 4.69) is 0 Å². The highest BCUT2D eigenvalue weighted by Crippen LogP contribution is 2.24. The maximum Gasteiger partial charge on any atom is 0.177 e. The molecule has 1 rings (SSSR count). The number of benzene rings is 1. The molecular weight excluding hydrogens is 236 g/mol. The summed E-state index contributed by atoms with van der Waals surface area (Å²) in [4.78, 5) is -0.238. The minimum Gasteiger partial charge on any atom is -0.224 e. The second-order valence-corrected chi connectivity index (χ2v) is 7.38. The summed E-state index contributed by atoms with van der Waals surface area (Å²) in [6.45, 7) is 1.57. The minimum atomic E-state index is -3.53. The fourth-order valence-electron chi connectivity index (χ4n) is 1.39. The molecule has 0 N–H and O–H groups in total. The van der Waals surface area contributed by atoms with Gasteiger partial charge in [0.15, 0.2) is 19.7 Å². The SMILES string of the molecule is Cc1cccc(S(C)(=O)=O)c1S(C)(=O)=O. The number of hydrogen-bond acceptors (Lipinski definition) is 4. The summed E-state index contributed by atoms with van der Waals surface area (Å²) in [7, 11) is -7.04. The van der Waals surface area contributed by atoms with Crippen LogP contribution in [0.4, 0.5) is 0 Å². The van der Waals surface area contributed by atoms with E-state index in [1.165, 1.54) is 12.1 Å². The molecule has 0 aromatic heterocycles. The van der Waals surface area contributed by atoms with Gasteiger partial charge in [0.1, 0.15) is 0 Å². The molecule has 15 heavy (non-hydrogen) atoms. The van der Waals surface area contributed by atoms with Gasteiger partial charge in [0.05, 0.1) is 9.79 Å². The molecule has 0 bridgehead atoms. The van der Waals surface area contributed by atoms with Crippen LogP contribution in [0.15, 0.2) is 28.0 Å². The Balaban J connectivity index is 3.79. The topological polar surface area (TPSA) is 68.3 Å². The lowest BCUT2D eigenvalue weighted by Gasteiger charge is -2.08. The number of hydrogen-bond donors (Lipinski definition) is 0. The van der Waals surface area contributed by atoms with E-state index >= 15 is 0 Å². The molecule has 0 fully saturated rings. The quantitative estimate of drug-likeness (QED) is 0.776. The third kappa shape index (κ3) is 2.57. The normalized spacial score (nSPS) is 12.7. The summed E-state index contributed by atoms with van der Waals surface area (Å²) >= 11 is 0. The van der Waals surface area contributed by atoms with Crippen LogP contribution in [0.25, 0.3) is 0 Å². The first-order chi connectivity index (χ1) is 6.64. The molecule has 0 heterocycles. The first-order valence-electron chi connectivity index (χ1n) is 4.14. The van der Waals surface area contributed by atoms with Gasteiger partial charge in [0.2, 0.25) is 0 Å². The Morgan fingerprint density at radius 2 is 1.47 bits per heavy atom. The first-order valence-corrected chi connectivity index (χ1v) is 7.92. The molecule has 1 aromatic carbocycles. The van der Waals surface area contributed by atoms with Crippen LogP contribution in [0.1, 0.15) is 5.56 Å². The molecule has 84 valence electrons. The standard InChI is InChI=1S/C9H12O4S2/c1-7-5-4-6-8(14(2,10)11)9(7)15(3,12)13/h4-6H,1-3H3. The van der Waals surface area contributed by atoms with Crippen molar-refractivity contribution in [2.24, 2.45) is 0 Å². The third-order valence-electron chi connectivity index (χ3n) is 1.95. The van der Waals surface area contributed by atoms with E-state index in [0.29, 0.717) is 5.56 Å². The van der Waals surface area contributed by atoms with E-state index in [1.807, 2.05) is 0 Å². The number of sulfone groups is 2. The number of rotatable bonds is 2. The predicted molar refractivity (Wildman–Crippen MR) is 57.4 cm³/mol. The maximum atomic E-state index is 11.5. The van der Waals surface area contributed by atoms with Crippen LogP contribution < -0.4 is 0 Å². The molecule has 1 aromatic rings. The Morgan fingerprint density at radius 1 is 0.933 bits per heavy atom. The third-order valence-corrected chi connectivity index (χ3v) is 4.50. The van der Waals surface area contributed by atoms with Crippen LogP contribution in [-0.2, 0) is 19.7 Å². The van der Waals surface area contributed by atoms with Gasteiger partial charge in [-0.05, 0) is 18.6 Å². The van der Waals surface area contributed by atoms with Crippen molar-refractivity contribution in [3.05, 3.63) is 23.8 Å². The zero-order valence-corrected chi connectivity index (χ0v) is 10.3. The van der Waals surface area contributed by atoms with Gasteiger partial charge in [-0.15, -0.1) is 0 Å². The Hall–Kier alpha value is -0.880. The van der Waals surface area contributed by atoms with Gasteiger partial charge in [-0.25, -0.2) is 16.8 Å². The highest BCUT2D eigenvalue weighted by molar-refractivity contribution is 7.93. The van der Waals surface area contributed by atoms with Crippen LogP contribution in [0.2, 0.25) is 0 Å². The van der Waals surface area contributed by atoms with Crippen molar-refractivity contribution >= 4 is 19.7 Å². The largest absolute Gasteiger partial charge is 0.224 e. The summed E-state index contributed by atoms with van der Waals surface area (Å²) in [6.07, 6.45) is 2.00. The van der Waals surface area contributed by atoms with Crippen LogP contribution in [-0.4, -0.2) is 29.3 Å². The van der Waals surface area contributed by atoms with E-state index in [0.717, 1.165) is 12.5 Å². The summed E-state index contributed by atoms with van der Waals surface area (Å²) in [6, 6.07) is 4.41. The zero-order valence-electron chi connectivity index (χ0n) is 8.68. The molecule has 0 atom stereocenters. The summed E-state index contributed by atoms with van der Waals surface area (Å²) in [5, 5.41) is 0. The summed E-state index contributed by atoms with van der Waals surface area (Å²) in [5.74, 6) is 0. The zero-order chi connectivity index (χ0) is 11.9. The lowest BCUT2D eigenvalue weighted by molar-refractivity contribution is 0.588.